The van der Waals surface area contributed by atoms with Crippen LogP contribution in [0.1, 0.15) is 30.9 Å². The summed E-state index contributed by atoms with van der Waals surface area (Å²) < 4.78 is 39.3. The third-order valence-corrected chi connectivity index (χ3v) is 3.55. The van der Waals surface area contributed by atoms with Gasteiger partial charge in [-0.2, -0.15) is 13.2 Å². The second-order valence-electron chi connectivity index (χ2n) is 4.27. The Bertz CT molecular complexity index is 428. The van der Waals surface area contributed by atoms with E-state index in [1.807, 2.05) is 6.92 Å². The molecule has 0 aliphatic carbocycles. The first kappa shape index (κ1) is 12.7. The van der Waals surface area contributed by atoms with Gasteiger partial charge in [0.2, 0.25) is 0 Å². The molecular formula is C12H13BrF3N. The molecule has 1 aliphatic heterocycles. The van der Waals surface area contributed by atoms with Gasteiger partial charge in [0.25, 0.3) is 0 Å². The Kier molecular flexibility index (Phi) is 3.39. The summed E-state index contributed by atoms with van der Waals surface area (Å²) >= 11 is 3.14. The summed E-state index contributed by atoms with van der Waals surface area (Å²) in [5.41, 5.74) is 0.440. The molecule has 0 saturated heterocycles. The number of benzene rings is 1. The third-order valence-electron chi connectivity index (χ3n) is 3.09. The van der Waals surface area contributed by atoms with Gasteiger partial charge < -0.3 is 5.32 Å². The van der Waals surface area contributed by atoms with Crippen molar-refractivity contribution in [1.29, 1.82) is 0 Å². The molecule has 1 heterocycles. The van der Waals surface area contributed by atoms with E-state index in [2.05, 4.69) is 21.2 Å². The maximum atomic E-state index is 12.9. The number of anilines is 1. The zero-order valence-electron chi connectivity index (χ0n) is 9.37. The van der Waals surface area contributed by atoms with Crippen LogP contribution < -0.4 is 5.32 Å². The van der Waals surface area contributed by atoms with Gasteiger partial charge in [0, 0.05) is 16.2 Å². The fourth-order valence-electron chi connectivity index (χ4n) is 2.17. The summed E-state index contributed by atoms with van der Waals surface area (Å²) in [6, 6.07) is 3.05. The summed E-state index contributed by atoms with van der Waals surface area (Å²) in [7, 11) is 0. The summed E-state index contributed by atoms with van der Waals surface area (Å²) in [6.07, 6.45) is -1.89. The molecule has 17 heavy (non-hydrogen) atoms. The molecule has 1 atom stereocenters. The molecule has 2 rings (SSSR count). The molecule has 0 spiro atoms. The molecule has 1 aromatic rings. The number of hydrogen-bond acceptors (Lipinski definition) is 1. The van der Waals surface area contributed by atoms with Crippen molar-refractivity contribution < 1.29 is 13.2 Å². The standard InChI is InChI=1S/C12H13BrF3N/c1-2-9-4-3-7-5-8(13)6-10(11(7)17-9)12(14,15)16/h5-6,9,17H,2-4H2,1H3. The Balaban J connectivity index is 2.49. The van der Waals surface area contributed by atoms with E-state index < -0.39 is 11.7 Å². The first-order chi connectivity index (χ1) is 7.91. The lowest BCUT2D eigenvalue weighted by atomic mass is 9.94. The molecular weight excluding hydrogens is 295 g/mol. The number of fused-ring (bicyclic) bond motifs is 1. The summed E-state index contributed by atoms with van der Waals surface area (Å²) in [4.78, 5) is 0. The number of hydrogen-bond donors (Lipinski definition) is 1. The van der Waals surface area contributed by atoms with E-state index in [0.717, 1.165) is 24.5 Å². The summed E-state index contributed by atoms with van der Waals surface area (Å²) in [5, 5.41) is 3.01. The molecule has 0 amide bonds. The van der Waals surface area contributed by atoms with Crippen LogP contribution in [0, 0.1) is 0 Å². The number of alkyl halides is 3. The van der Waals surface area contributed by atoms with Crippen molar-refractivity contribution in [2.45, 2.75) is 38.4 Å². The summed E-state index contributed by atoms with van der Waals surface area (Å²) in [5.74, 6) is 0. The van der Waals surface area contributed by atoms with Gasteiger partial charge in [0.15, 0.2) is 0 Å². The maximum absolute atomic E-state index is 12.9. The van der Waals surface area contributed by atoms with Crippen LogP contribution in [0.2, 0.25) is 0 Å². The molecule has 0 bridgehead atoms. The molecule has 0 aromatic heterocycles. The van der Waals surface area contributed by atoms with Gasteiger partial charge >= 0.3 is 6.18 Å². The largest absolute Gasteiger partial charge is 0.418 e. The Morgan fingerprint density at radius 2 is 2.12 bits per heavy atom. The minimum Gasteiger partial charge on any atom is -0.382 e. The number of aryl methyl sites for hydroxylation is 1. The van der Waals surface area contributed by atoms with E-state index in [0.29, 0.717) is 10.9 Å². The Morgan fingerprint density at radius 1 is 1.41 bits per heavy atom. The second kappa shape index (κ2) is 4.52. The molecule has 5 heteroatoms. The highest BCUT2D eigenvalue weighted by molar-refractivity contribution is 9.10. The van der Waals surface area contributed by atoms with E-state index in [9.17, 15) is 13.2 Å². The smallest absolute Gasteiger partial charge is 0.382 e. The highest BCUT2D eigenvalue weighted by atomic mass is 79.9. The predicted molar refractivity (Wildman–Crippen MR) is 65.2 cm³/mol. The monoisotopic (exact) mass is 307 g/mol. The lowest BCUT2D eigenvalue weighted by Crippen LogP contribution is -2.27. The van der Waals surface area contributed by atoms with Gasteiger partial charge in [-0.25, -0.2) is 0 Å². The average Bonchev–Trinajstić information content (AvgIpc) is 2.26. The molecule has 1 aromatic carbocycles. The number of nitrogens with one attached hydrogen (secondary N) is 1. The van der Waals surface area contributed by atoms with Gasteiger partial charge in [-0.1, -0.05) is 22.9 Å². The molecule has 0 saturated carbocycles. The quantitative estimate of drug-likeness (QED) is 0.799. The maximum Gasteiger partial charge on any atom is 0.418 e. The van der Waals surface area contributed by atoms with Crippen LogP contribution in [0.4, 0.5) is 18.9 Å². The van der Waals surface area contributed by atoms with Crippen molar-refractivity contribution in [2.75, 3.05) is 5.32 Å². The minimum absolute atomic E-state index is 0.143. The molecule has 1 unspecified atom stereocenters. The molecule has 0 radical (unpaired) electrons. The average molecular weight is 308 g/mol. The van der Waals surface area contributed by atoms with Crippen molar-refractivity contribution in [3.8, 4) is 0 Å². The Morgan fingerprint density at radius 3 is 2.71 bits per heavy atom. The molecule has 94 valence electrons. The van der Waals surface area contributed by atoms with Gasteiger partial charge in [-0.3, -0.25) is 0 Å². The fourth-order valence-corrected chi connectivity index (χ4v) is 2.67. The lowest BCUT2D eigenvalue weighted by molar-refractivity contribution is -0.137. The molecule has 1 aliphatic rings. The highest BCUT2D eigenvalue weighted by Crippen LogP contribution is 2.41. The van der Waals surface area contributed by atoms with E-state index >= 15 is 0 Å². The van der Waals surface area contributed by atoms with Crippen LogP contribution in [0.25, 0.3) is 0 Å². The zero-order valence-corrected chi connectivity index (χ0v) is 11.0. The van der Waals surface area contributed by atoms with Crippen molar-refractivity contribution in [1.82, 2.24) is 0 Å². The molecule has 1 N–H and O–H groups in total. The third kappa shape index (κ3) is 2.59. The fraction of sp³-hybridized carbons (Fsp3) is 0.500. The lowest BCUT2D eigenvalue weighted by Gasteiger charge is -2.29. The van der Waals surface area contributed by atoms with Crippen LogP contribution in [0.15, 0.2) is 16.6 Å². The minimum atomic E-state index is -4.31. The number of halogens is 4. The van der Waals surface area contributed by atoms with E-state index in [1.165, 1.54) is 0 Å². The SMILES string of the molecule is CCC1CCc2cc(Br)cc(C(F)(F)F)c2N1. The van der Waals surface area contributed by atoms with Crippen LogP contribution in [0.3, 0.4) is 0 Å². The summed E-state index contributed by atoms with van der Waals surface area (Å²) in [6.45, 7) is 1.98. The topological polar surface area (TPSA) is 12.0 Å². The van der Waals surface area contributed by atoms with Crippen LogP contribution in [-0.2, 0) is 12.6 Å². The first-order valence-electron chi connectivity index (χ1n) is 5.58. The first-order valence-corrected chi connectivity index (χ1v) is 6.37. The molecule has 1 nitrogen and oxygen atoms in total. The van der Waals surface area contributed by atoms with Gasteiger partial charge in [-0.05, 0) is 37.0 Å². The van der Waals surface area contributed by atoms with Crippen molar-refractivity contribution in [2.24, 2.45) is 0 Å². The predicted octanol–water partition coefficient (Wildman–Crippen LogP) is 4.60. The van der Waals surface area contributed by atoms with Gasteiger partial charge in [0.1, 0.15) is 0 Å². The van der Waals surface area contributed by atoms with E-state index in [4.69, 9.17) is 0 Å². The van der Waals surface area contributed by atoms with Crippen LogP contribution in [-0.4, -0.2) is 6.04 Å². The van der Waals surface area contributed by atoms with Crippen LogP contribution in [0.5, 0.6) is 0 Å². The molecule has 0 fully saturated rings. The van der Waals surface area contributed by atoms with E-state index in [-0.39, 0.29) is 11.7 Å². The van der Waals surface area contributed by atoms with E-state index in [1.54, 1.807) is 6.07 Å². The van der Waals surface area contributed by atoms with Crippen molar-refractivity contribution in [3.63, 3.8) is 0 Å². The highest BCUT2D eigenvalue weighted by Gasteiger charge is 2.36. The van der Waals surface area contributed by atoms with Gasteiger partial charge in [0.05, 0.1) is 5.56 Å². The zero-order chi connectivity index (χ0) is 12.6. The second-order valence-corrected chi connectivity index (χ2v) is 5.19. The van der Waals surface area contributed by atoms with Gasteiger partial charge in [-0.15, -0.1) is 0 Å². The van der Waals surface area contributed by atoms with Crippen molar-refractivity contribution in [3.05, 3.63) is 27.7 Å². The Hall–Kier alpha value is -0.710. The number of rotatable bonds is 1. The van der Waals surface area contributed by atoms with Crippen LogP contribution >= 0.6 is 15.9 Å². The normalized spacial score (nSPS) is 19.7. The Labute approximate surface area is 107 Å². The van der Waals surface area contributed by atoms with Crippen molar-refractivity contribution >= 4 is 21.6 Å².